The summed E-state index contributed by atoms with van der Waals surface area (Å²) in [7, 11) is 1.36. The van der Waals surface area contributed by atoms with Gasteiger partial charge in [0, 0.05) is 6.42 Å². The SMILES string of the molecule is COC(=O)[C@@H](C)[C@@H](C)CC(C)=O. The zero-order valence-corrected chi connectivity index (χ0v) is 8.09. The summed E-state index contributed by atoms with van der Waals surface area (Å²) in [6, 6.07) is 0. The number of carbonyl (C=O) groups excluding carboxylic acids is 2. The largest absolute Gasteiger partial charge is 0.469 e. The third kappa shape index (κ3) is 3.51. The van der Waals surface area contributed by atoms with Crippen molar-refractivity contribution in [3.63, 3.8) is 0 Å². The molecule has 0 rings (SSSR count). The van der Waals surface area contributed by atoms with Gasteiger partial charge in [0.05, 0.1) is 13.0 Å². The van der Waals surface area contributed by atoms with E-state index in [-0.39, 0.29) is 23.6 Å². The maximum Gasteiger partial charge on any atom is 0.308 e. The van der Waals surface area contributed by atoms with E-state index in [4.69, 9.17) is 0 Å². The number of ether oxygens (including phenoxy) is 1. The number of Topliss-reactive ketones (excluding diaryl/α,β-unsaturated/α-hetero) is 1. The highest BCUT2D eigenvalue weighted by Gasteiger charge is 2.21. The molecule has 0 aliphatic heterocycles. The summed E-state index contributed by atoms with van der Waals surface area (Å²) in [5, 5.41) is 0. The van der Waals surface area contributed by atoms with Crippen molar-refractivity contribution in [1.82, 2.24) is 0 Å². The van der Waals surface area contributed by atoms with Crippen molar-refractivity contribution in [1.29, 1.82) is 0 Å². The van der Waals surface area contributed by atoms with Gasteiger partial charge in [-0.2, -0.15) is 0 Å². The predicted molar refractivity (Wildman–Crippen MR) is 45.6 cm³/mol. The fourth-order valence-corrected chi connectivity index (χ4v) is 1.05. The molecule has 0 radical (unpaired) electrons. The molecule has 0 bridgehead atoms. The van der Waals surface area contributed by atoms with Crippen LogP contribution in [0.15, 0.2) is 0 Å². The number of methoxy groups -OCH3 is 1. The summed E-state index contributed by atoms with van der Waals surface area (Å²) in [4.78, 5) is 21.7. The third-order valence-electron chi connectivity index (χ3n) is 2.04. The first-order chi connectivity index (χ1) is 5.49. The smallest absolute Gasteiger partial charge is 0.308 e. The van der Waals surface area contributed by atoms with E-state index in [0.717, 1.165) is 0 Å². The topological polar surface area (TPSA) is 43.4 Å². The van der Waals surface area contributed by atoms with Gasteiger partial charge in [-0.15, -0.1) is 0 Å². The van der Waals surface area contributed by atoms with Gasteiger partial charge in [0.25, 0.3) is 0 Å². The lowest BCUT2D eigenvalue weighted by atomic mass is 9.91. The second kappa shape index (κ2) is 4.91. The highest BCUT2D eigenvalue weighted by Crippen LogP contribution is 2.16. The molecule has 3 heteroatoms. The molecule has 3 nitrogen and oxygen atoms in total. The predicted octanol–water partition coefficient (Wildman–Crippen LogP) is 1.41. The summed E-state index contributed by atoms with van der Waals surface area (Å²) in [5.74, 6) is -0.268. The number of ketones is 1. The molecule has 0 aromatic heterocycles. The highest BCUT2D eigenvalue weighted by molar-refractivity contribution is 5.77. The van der Waals surface area contributed by atoms with E-state index in [1.165, 1.54) is 14.0 Å². The van der Waals surface area contributed by atoms with Gasteiger partial charge in [-0.05, 0) is 12.8 Å². The Morgan fingerprint density at radius 3 is 2.17 bits per heavy atom. The van der Waals surface area contributed by atoms with Gasteiger partial charge in [0.15, 0.2) is 0 Å². The van der Waals surface area contributed by atoms with E-state index < -0.39 is 0 Å². The lowest BCUT2D eigenvalue weighted by Gasteiger charge is -2.15. The van der Waals surface area contributed by atoms with Gasteiger partial charge >= 0.3 is 5.97 Å². The molecule has 0 fully saturated rings. The van der Waals surface area contributed by atoms with Crippen molar-refractivity contribution >= 4 is 11.8 Å². The van der Waals surface area contributed by atoms with Crippen molar-refractivity contribution in [2.24, 2.45) is 11.8 Å². The van der Waals surface area contributed by atoms with Crippen LogP contribution in [0.4, 0.5) is 0 Å². The molecule has 0 aliphatic carbocycles. The van der Waals surface area contributed by atoms with Crippen LogP contribution < -0.4 is 0 Å². The molecule has 0 aliphatic rings. The minimum atomic E-state index is -0.247. The first kappa shape index (κ1) is 11.1. The number of rotatable bonds is 4. The van der Waals surface area contributed by atoms with Gasteiger partial charge < -0.3 is 9.53 Å². The fourth-order valence-electron chi connectivity index (χ4n) is 1.05. The molecule has 0 aromatic rings. The van der Waals surface area contributed by atoms with Crippen LogP contribution in [0, 0.1) is 11.8 Å². The zero-order valence-electron chi connectivity index (χ0n) is 8.09. The number of carbonyl (C=O) groups is 2. The van der Waals surface area contributed by atoms with Crippen LogP contribution in [-0.4, -0.2) is 18.9 Å². The van der Waals surface area contributed by atoms with Crippen LogP contribution >= 0.6 is 0 Å². The zero-order chi connectivity index (χ0) is 9.72. The third-order valence-corrected chi connectivity index (χ3v) is 2.04. The van der Waals surface area contributed by atoms with Crippen LogP contribution in [0.5, 0.6) is 0 Å². The second-order valence-corrected chi connectivity index (χ2v) is 3.20. The minimum absolute atomic E-state index is 0.0648. The van der Waals surface area contributed by atoms with Crippen molar-refractivity contribution in [3.8, 4) is 0 Å². The molecule has 0 aromatic carbocycles. The Morgan fingerprint density at radius 2 is 1.83 bits per heavy atom. The van der Waals surface area contributed by atoms with E-state index in [0.29, 0.717) is 6.42 Å². The van der Waals surface area contributed by atoms with Crippen molar-refractivity contribution in [2.75, 3.05) is 7.11 Å². The van der Waals surface area contributed by atoms with Crippen molar-refractivity contribution < 1.29 is 14.3 Å². The Hall–Kier alpha value is -0.860. The lowest BCUT2D eigenvalue weighted by molar-refractivity contribution is -0.146. The molecule has 12 heavy (non-hydrogen) atoms. The Balaban J connectivity index is 4.00. The summed E-state index contributed by atoms with van der Waals surface area (Å²) in [6.45, 7) is 5.18. The Labute approximate surface area is 73.1 Å². The first-order valence-electron chi connectivity index (χ1n) is 4.06. The normalized spacial score (nSPS) is 15.0. The van der Waals surface area contributed by atoms with Crippen molar-refractivity contribution in [2.45, 2.75) is 27.2 Å². The average Bonchev–Trinajstić information content (AvgIpc) is 2.00. The minimum Gasteiger partial charge on any atom is -0.469 e. The summed E-state index contributed by atoms with van der Waals surface area (Å²) >= 11 is 0. The van der Waals surface area contributed by atoms with Crippen molar-refractivity contribution in [3.05, 3.63) is 0 Å². The molecule has 0 saturated heterocycles. The lowest BCUT2D eigenvalue weighted by Crippen LogP contribution is -2.21. The maximum absolute atomic E-state index is 11.0. The molecule has 2 atom stereocenters. The molecule has 0 heterocycles. The Morgan fingerprint density at radius 1 is 1.33 bits per heavy atom. The quantitative estimate of drug-likeness (QED) is 0.602. The average molecular weight is 172 g/mol. The van der Waals surface area contributed by atoms with Gasteiger partial charge in [-0.25, -0.2) is 0 Å². The molecule has 0 N–H and O–H groups in total. The van der Waals surface area contributed by atoms with Crippen LogP contribution in [-0.2, 0) is 14.3 Å². The monoisotopic (exact) mass is 172 g/mol. The van der Waals surface area contributed by atoms with E-state index in [1.54, 1.807) is 6.92 Å². The number of hydrogen-bond acceptors (Lipinski definition) is 3. The molecule has 0 unspecified atom stereocenters. The maximum atomic E-state index is 11.0. The second-order valence-electron chi connectivity index (χ2n) is 3.20. The molecule has 0 amide bonds. The molecule has 0 saturated carbocycles. The summed E-state index contributed by atoms with van der Waals surface area (Å²) in [5.41, 5.74) is 0. The van der Waals surface area contributed by atoms with Crippen LogP contribution in [0.2, 0.25) is 0 Å². The van der Waals surface area contributed by atoms with E-state index in [1.807, 2.05) is 6.92 Å². The standard InChI is InChI=1S/C9H16O3/c1-6(5-7(2)10)8(3)9(11)12-4/h6,8H,5H2,1-4H3/t6-,8-/m0/s1. The van der Waals surface area contributed by atoms with E-state index in [9.17, 15) is 9.59 Å². The molecular formula is C9H16O3. The van der Waals surface area contributed by atoms with Gasteiger partial charge in [-0.3, -0.25) is 4.79 Å². The van der Waals surface area contributed by atoms with Crippen LogP contribution in [0.25, 0.3) is 0 Å². The van der Waals surface area contributed by atoms with E-state index in [2.05, 4.69) is 4.74 Å². The van der Waals surface area contributed by atoms with E-state index >= 15 is 0 Å². The number of hydrogen-bond donors (Lipinski definition) is 0. The first-order valence-corrected chi connectivity index (χ1v) is 4.06. The highest BCUT2D eigenvalue weighted by atomic mass is 16.5. The summed E-state index contributed by atoms with van der Waals surface area (Å²) < 4.78 is 4.56. The van der Waals surface area contributed by atoms with Crippen LogP contribution in [0.3, 0.4) is 0 Å². The Bertz CT molecular complexity index is 175. The Kier molecular flexibility index (Phi) is 4.55. The van der Waals surface area contributed by atoms with Gasteiger partial charge in [0.2, 0.25) is 0 Å². The summed E-state index contributed by atoms with van der Waals surface area (Å²) in [6.07, 6.45) is 0.441. The number of esters is 1. The van der Waals surface area contributed by atoms with Gasteiger partial charge in [-0.1, -0.05) is 13.8 Å². The van der Waals surface area contributed by atoms with Gasteiger partial charge in [0.1, 0.15) is 5.78 Å². The van der Waals surface area contributed by atoms with Crippen LogP contribution in [0.1, 0.15) is 27.2 Å². The fraction of sp³-hybridized carbons (Fsp3) is 0.778. The molecule has 70 valence electrons. The molecule has 0 spiro atoms. The molecular weight excluding hydrogens is 156 g/mol.